The Bertz CT molecular complexity index is 476. The van der Waals surface area contributed by atoms with Crippen LogP contribution in [-0.4, -0.2) is 41.8 Å². The van der Waals surface area contributed by atoms with Crippen molar-refractivity contribution in [1.29, 1.82) is 0 Å². The molecule has 122 valence electrons. The number of rotatable bonds is 5. The topological polar surface area (TPSA) is 32.7 Å². The van der Waals surface area contributed by atoms with Gasteiger partial charge < -0.3 is 9.84 Å². The van der Waals surface area contributed by atoms with Gasteiger partial charge in [0.1, 0.15) is 0 Å². The number of β-amino-alcohol motifs (C(OH)–C–C–N with tert-alkyl or cyclic N) is 1. The third kappa shape index (κ3) is 3.89. The summed E-state index contributed by atoms with van der Waals surface area (Å²) in [6.07, 6.45) is 7.03. The highest BCUT2D eigenvalue weighted by Crippen LogP contribution is 2.32. The average molecular weight is 303 g/mol. The molecule has 0 radical (unpaired) electrons. The molecule has 1 fully saturated rings. The lowest BCUT2D eigenvalue weighted by atomic mass is 9.89. The van der Waals surface area contributed by atoms with Crippen molar-refractivity contribution in [1.82, 2.24) is 4.90 Å². The first-order valence-electron chi connectivity index (χ1n) is 8.85. The van der Waals surface area contributed by atoms with Gasteiger partial charge >= 0.3 is 0 Å². The predicted molar refractivity (Wildman–Crippen MR) is 89.0 cm³/mol. The Morgan fingerprint density at radius 2 is 2.09 bits per heavy atom. The number of aliphatic hydroxyl groups excluding tert-OH is 1. The van der Waals surface area contributed by atoms with Crippen molar-refractivity contribution in [3.05, 3.63) is 35.4 Å². The molecule has 3 atom stereocenters. The van der Waals surface area contributed by atoms with Gasteiger partial charge in [-0.05, 0) is 56.7 Å². The van der Waals surface area contributed by atoms with Crippen molar-refractivity contribution in [3.63, 3.8) is 0 Å². The maximum atomic E-state index is 10.3. The maximum absolute atomic E-state index is 10.3. The summed E-state index contributed by atoms with van der Waals surface area (Å²) in [5.74, 6) is 0. The maximum Gasteiger partial charge on any atom is 0.0900 e. The summed E-state index contributed by atoms with van der Waals surface area (Å²) in [6, 6.07) is 9.17. The van der Waals surface area contributed by atoms with Gasteiger partial charge in [0, 0.05) is 12.6 Å². The third-order valence-electron chi connectivity index (χ3n) is 5.19. The minimum atomic E-state index is -0.380. The minimum absolute atomic E-state index is 0.165. The van der Waals surface area contributed by atoms with E-state index in [0.29, 0.717) is 12.6 Å². The SMILES string of the molecule is C[C@@H]1CCCCN1C[C@H](O)CO[C@@H]1CCCc2ccccc21. The Labute approximate surface area is 134 Å². The summed E-state index contributed by atoms with van der Waals surface area (Å²) < 4.78 is 6.07. The quantitative estimate of drug-likeness (QED) is 0.906. The van der Waals surface area contributed by atoms with Crippen LogP contribution in [0.4, 0.5) is 0 Å². The van der Waals surface area contributed by atoms with Gasteiger partial charge in [-0.3, -0.25) is 4.90 Å². The first-order valence-corrected chi connectivity index (χ1v) is 8.85. The number of likely N-dealkylation sites (tertiary alicyclic amines) is 1. The Morgan fingerprint density at radius 3 is 2.95 bits per heavy atom. The number of aliphatic hydroxyl groups is 1. The summed E-state index contributed by atoms with van der Waals surface area (Å²) in [6.45, 7) is 4.58. The van der Waals surface area contributed by atoms with Gasteiger partial charge in [-0.2, -0.15) is 0 Å². The molecular formula is C19H29NO2. The van der Waals surface area contributed by atoms with E-state index in [2.05, 4.69) is 36.1 Å². The van der Waals surface area contributed by atoms with Crippen LogP contribution in [0.2, 0.25) is 0 Å². The van der Waals surface area contributed by atoms with Crippen LogP contribution in [0.1, 0.15) is 56.3 Å². The third-order valence-corrected chi connectivity index (χ3v) is 5.19. The van der Waals surface area contributed by atoms with Crippen LogP contribution in [0.3, 0.4) is 0 Å². The Kier molecular flexibility index (Phi) is 5.51. The van der Waals surface area contributed by atoms with Gasteiger partial charge in [0.25, 0.3) is 0 Å². The molecule has 1 aromatic rings. The second kappa shape index (κ2) is 7.58. The normalized spacial score (nSPS) is 27.4. The fraction of sp³-hybridized carbons (Fsp3) is 0.684. The average Bonchev–Trinajstić information content (AvgIpc) is 2.55. The van der Waals surface area contributed by atoms with Crippen molar-refractivity contribution in [2.75, 3.05) is 19.7 Å². The molecule has 2 aliphatic rings. The monoisotopic (exact) mass is 303 g/mol. The van der Waals surface area contributed by atoms with Crippen LogP contribution in [0, 0.1) is 0 Å². The number of ether oxygens (including phenoxy) is 1. The van der Waals surface area contributed by atoms with Gasteiger partial charge in [0.05, 0.1) is 18.8 Å². The van der Waals surface area contributed by atoms with Crippen molar-refractivity contribution >= 4 is 0 Å². The van der Waals surface area contributed by atoms with Crippen LogP contribution >= 0.6 is 0 Å². The van der Waals surface area contributed by atoms with Gasteiger partial charge in [0.15, 0.2) is 0 Å². The van der Waals surface area contributed by atoms with Gasteiger partial charge in [0.2, 0.25) is 0 Å². The number of nitrogens with zero attached hydrogens (tertiary/aromatic N) is 1. The minimum Gasteiger partial charge on any atom is -0.389 e. The molecule has 22 heavy (non-hydrogen) atoms. The smallest absolute Gasteiger partial charge is 0.0900 e. The molecule has 0 unspecified atom stereocenters. The lowest BCUT2D eigenvalue weighted by Crippen LogP contribution is -2.43. The molecule has 1 aliphatic heterocycles. The van der Waals surface area contributed by atoms with Crippen molar-refractivity contribution < 1.29 is 9.84 Å². The lowest BCUT2D eigenvalue weighted by molar-refractivity contribution is -0.0343. The van der Waals surface area contributed by atoms with Gasteiger partial charge in [-0.15, -0.1) is 0 Å². The van der Waals surface area contributed by atoms with Crippen molar-refractivity contribution in [2.45, 2.75) is 63.7 Å². The number of aryl methyl sites for hydroxylation is 1. The molecule has 0 aromatic heterocycles. The van der Waals surface area contributed by atoms with E-state index in [1.165, 1.54) is 36.8 Å². The molecule has 0 bridgehead atoms. The second-order valence-electron chi connectivity index (χ2n) is 6.91. The highest BCUT2D eigenvalue weighted by molar-refractivity contribution is 5.31. The highest BCUT2D eigenvalue weighted by Gasteiger charge is 2.24. The largest absolute Gasteiger partial charge is 0.389 e. The standard InChI is InChI=1S/C19H29NO2/c1-15-7-4-5-12-20(15)13-17(21)14-22-19-11-6-9-16-8-2-3-10-18(16)19/h2-3,8,10,15,17,19,21H,4-7,9,11-14H2,1H3/t15-,17+,19-/m1/s1. The van der Waals surface area contributed by atoms with Crippen LogP contribution in [-0.2, 0) is 11.2 Å². The van der Waals surface area contributed by atoms with Crippen LogP contribution in [0.5, 0.6) is 0 Å². The lowest BCUT2D eigenvalue weighted by Gasteiger charge is -2.35. The Balaban J connectivity index is 1.50. The summed E-state index contributed by atoms with van der Waals surface area (Å²) in [5, 5.41) is 10.3. The van der Waals surface area contributed by atoms with E-state index in [1.807, 2.05) is 0 Å². The molecule has 1 saturated heterocycles. The van der Waals surface area contributed by atoms with Crippen LogP contribution in [0.25, 0.3) is 0 Å². The molecule has 0 spiro atoms. The predicted octanol–water partition coefficient (Wildman–Crippen LogP) is 3.32. The molecule has 1 N–H and O–H groups in total. The number of benzene rings is 1. The summed E-state index contributed by atoms with van der Waals surface area (Å²) >= 11 is 0. The fourth-order valence-electron chi connectivity index (χ4n) is 3.86. The van der Waals surface area contributed by atoms with E-state index in [9.17, 15) is 5.11 Å². The molecule has 1 heterocycles. The van der Waals surface area contributed by atoms with E-state index in [0.717, 1.165) is 25.9 Å². The molecular weight excluding hydrogens is 274 g/mol. The van der Waals surface area contributed by atoms with E-state index in [1.54, 1.807) is 0 Å². The van der Waals surface area contributed by atoms with E-state index < -0.39 is 0 Å². The zero-order valence-electron chi connectivity index (χ0n) is 13.7. The second-order valence-corrected chi connectivity index (χ2v) is 6.91. The van der Waals surface area contributed by atoms with Crippen LogP contribution < -0.4 is 0 Å². The highest BCUT2D eigenvalue weighted by atomic mass is 16.5. The molecule has 1 aliphatic carbocycles. The molecule has 0 amide bonds. The molecule has 0 saturated carbocycles. The summed E-state index contributed by atoms with van der Waals surface area (Å²) in [5.41, 5.74) is 2.74. The van der Waals surface area contributed by atoms with Crippen LogP contribution in [0.15, 0.2) is 24.3 Å². The van der Waals surface area contributed by atoms with Gasteiger partial charge in [-0.25, -0.2) is 0 Å². The number of fused-ring (bicyclic) bond motifs is 1. The molecule has 3 heteroatoms. The van der Waals surface area contributed by atoms with E-state index in [4.69, 9.17) is 4.74 Å². The fourth-order valence-corrected chi connectivity index (χ4v) is 3.86. The summed E-state index contributed by atoms with van der Waals surface area (Å²) in [4.78, 5) is 2.41. The van der Waals surface area contributed by atoms with Gasteiger partial charge in [-0.1, -0.05) is 30.7 Å². The zero-order chi connectivity index (χ0) is 15.4. The van der Waals surface area contributed by atoms with E-state index in [-0.39, 0.29) is 12.2 Å². The Hall–Kier alpha value is -0.900. The van der Waals surface area contributed by atoms with Crippen molar-refractivity contribution in [3.8, 4) is 0 Å². The van der Waals surface area contributed by atoms with Crippen molar-refractivity contribution in [2.24, 2.45) is 0 Å². The number of hydrogen-bond acceptors (Lipinski definition) is 3. The number of piperidine rings is 1. The molecule has 3 nitrogen and oxygen atoms in total. The first-order chi connectivity index (χ1) is 10.7. The zero-order valence-corrected chi connectivity index (χ0v) is 13.7. The first kappa shape index (κ1) is 16.0. The Morgan fingerprint density at radius 1 is 1.23 bits per heavy atom. The molecule has 1 aromatic carbocycles. The molecule has 3 rings (SSSR count). The summed E-state index contributed by atoms with van der Waals surface area (Å²) in [7, 11) is 0. The number of hydrogen-bond donors (Lipinski definition) is 1. The van der Waals surface area contributed by atoms with E-state index >= 15 is 0 Å².